The van der Waals surface area contributed by atoms with Gasteiger partial charge in [-0.2, -0.15) is 0 Å². The fourth-order valence-corrected chi connectivity index (χ4v) is 3.02. The lowest BCUT2D eigenvalue weighted by Gasteiger charge is -2.29. The summed E-state index contributed by atoms with van der Waals surface area (Å²) in [5, 5.41) is 3.64. The van der Waals surface area contributed by atoms with Crippen molar-refractivity contribution in [2.45, 2.75) is 25.8 Å². The van der Waals surface area contributed by atoms with Crippen LogP contribution < -0.4 is 5.32 Å². The highest BCUT2D eigenvalue weighted by molar-refractivity contribution is 5.14. The zero-order valence-corrected chi connectivity index (χ0v) is 13.7. The first-order valence-corrected chi connectivity index (χ1v) is 8.36. The summed E-state index contributed by atoms with van der Waals surface area (Å²) in [5.74, 6) is 0.892. The van der Waals surface area contributed by atoms with E-state index in [1.54, 1.807) is 0 Å². The first-order valence-electron chi connectivity index (χ1n) is 8.36. The quantitative estimate of drug-likeness (QED) is 0.742. The van der Waals surface area contributed by atoms with Crippen molar-refractivity contribution in [2.75, 3.05) is 46.8 Å². The van der Waals surface area contributed by atoms with Crippen LogP contribution in [0.5, 0.6) is 0 Å². The smallest absolute Gasteiger partial charge is 0.0230 e. The van der Waals surface area contributed by atoms with Crippen LogP contribution in [0, 0.1) is 5.92 Å². The van der Waals surface area contributed by atoms with Gasteiger partial charge in [0.05, 0.1) is 0 Å². The molecule has 1 heterocycles. The number of piperidine rings is 1. The van der Waals surface area contributed by atoms with Gasteiger partial charge in [-0.1, -0.05) is 30.3 Å². The third-order valence-electron chi connectivity index (χ3n) is 4.46. The summed E-state index contributed by atoms with van der Waals surface area (Å²) in [6.45, 7) is 7.10. The summed E-state index contributed by atoms with van der Waals surface area (Å²) in [7, 11) is 4.44. The first kappa shape index (κ1) is 16.5. The van der Waals surface area contributed by atoms with Crippen LogP contribution in [0.2, 0.25) is 0 Å². The van der Waals surface area contributed by atoms with Gasteiger partial charge in [0.2, 0.25) is 0 Å². The maximum atomic E-state index is 3.64. The molecule has 0 unspecified atom stereocenters. The third-order valence-corrected chi connectivity index (χ3v) is 4.46. The van der Waals surface area contributed by atoms with Gasteiger partial charge in [0, 0.05) is 6.54 Å². The molecule has 0 saturated carbocycles. The van der Waals surface area contributed by atoms with E-state index in [0.717, 1.165) is 25.6 Å². The van der Waals surface area contributed by atoms with Crippen molar-refractivity contribution in [1.29, 1.82) is 0 Å². The monoisotopic (exact) mass is 289 g/mol. The van der Waals surface area contributed by atoms with E-state index in [1.165, 1.54) is 44.5 Å². The molecule has 1 aliphatic rings. The van der Waals surface area contributed by atoms with E-state index in [0.29, 0.717) is 0 Å². The van der Waals surface area contributed by atoms with Gasteiger partial charge < -0.3 is 15.1 Å². The summed E-state index contributed by atoms with van der Waals surface area (Å²) in [6, 6.07) is 10.7. The Morgan fingerprint density at radius 1 is 1.19 bits per heavy atom. The molecule has 0 amide bonds. The molecule has 0 aliphatic carbocycles. The van der Waals surface area contributed by atoms with Gasteiger partial charge >= 0.3 is 0 Å². The highest BCUT2D eigenvalue weighted by Crippen LogP contribution is 2.14. The maximum Gasteiger partial charge on any atom is 0.0230 e. The zero-order valence-electron chi connectivity index (χ0n) is 13.7. The molecule has 0 atom stereocenters. The van der Waals surface area contributed by atoms with Gasteiger partial charge in [0.25, 0.3) is 0 Å². The predicted octanol–water partition coefficient (Wildman–Crippen LogP) is 2.44. The second-order valence-electron chi connectivity index (χ2n) is 6.53. The Morgan fingerprint density at radius 3 is 2.62 bits per heavy atom. The molecule has 1 saturated heterocycles. The number of benzene rings is 1. The number of rotatable bonds is 8. The van der Waals surface area contributed by atoms with E-state index in [4.69, 9.17) is 0 Å². The summed E-state index contributed by atoms with van der Waals surface area (Å²) in [5.41, 5.74) is 1.40. The Bertz CT molecular complexity index is 371. The highest BCUT2D eigenvalue weighted by atomic mass is 15.1. The lowest BCUT2D eigenvalue weighted by molar-refractivity contribution is 0.215. The molecule has 0 bridgehead atoms. The molecular formula is C18H31N3. The van der Waals surface area contributed by atoms with E-state index < -0.39 is 0 Å². The average molecular weight is 289 g/mol. The second kappa shape index (κ2) is 9.19. The minimum Gasteiger partial charge on any atom is -0.316 e. The van der Waals surface area contributed by atoms with E-state index >= 15 is 0 Å². The van der Waals surface area contributed by atoms with Crippen molar-refractivity contribution in [1.82, 2.24) is 15.1 Å². The molecule has 1 aromatic carbocycles. The summed E-state index contributed by atoms with van der Waals surface area (Å²) in [4.78, 5) is 4.85. The van der Waals surface area contributed by atoms with Gasteiger partial charge in [-0.25, -0.2) is 0 Å². The minimum atomic E-state index is 0.892. The molecule has 0 spiro atoms. The van der Waals surface area contributed by atoms with Crippen LogP contribution in [0.15, 0.2) is 30.3 Å². The topological polar surface area (TPSA) is 18.5 Å². The van der Waals surface area contributed by atoms with Gasteiger partial charge in [0.15, 0.2) is 0 Å². The van der Waals surface area contributed by atoms with Crippen molar-refractivity contribution in [3.05, 3.63) is 35.9 Å². The normalized spacial score (nSPS) is 17.5. The van der Waals surface area contributed by atoms with Crippen molar-refractivity contribution < 1.29 is 0 Å². The van der Waals surface area contributed by atoms with Gasteiger partial charge in [-0.05, 0) is 77.6 Å². The molecule has 3 nitrogen and oxygen atoms in total. The number of hydrogen-bond donors (Lipinski definition) is 1. The van der Waals surface area contributed by atoms with E-state index in [2.05, 4.69) is 59.5 Å². The molecule has 0 radical (unpaired) electrons. The third kappa shape index (κ3) is 6.60. The Kier molecular flexibility index (Phi) is 7.20. The lowest BCUT2D eigenvalue weighted by Crippen LogP contribution is -2.35. The van der Waals surface area contributed by atoms with E-state index in [9.17, 15) is 0 Å². The van der Waals surface area contributed by atoms with Crippen LogP contribution in [0.1, 0.15) is 24.8 Å². The molecule has 1 fully saturated rings. The lowest BCUT2D eigenvalue weighted by atomic mass is 9.97. The van der Waals surface area contributed by atoms with Crippen molar-refractivity contribution in [3.63, 3.8) is 0 Å². The Morgan fingerprint density at radius 2 is 1.90 bits per heavy atom. The van der Waals surface area contributed by atoms with Gasteiger partial charge in [-0.3, -0.25) is 0 Å². The van der Waals surface area contributed by atoms with Crippen LogP contribution in [-0.4, -0.2) is 56.6 Å². The minimum absolute atomic E-state index is 0.892. The Labute approximate surface area is 130 Å². The molecule has 118 valence electrons. The maximum absolute atomic E-state index is 3.64. The Balaban J connectivity index is 1.49. The number of hydrogen-bond acceptors (Lipinski definition) is 3. The van der Waals surface area contributed by atoms with Crippen molar-refractivity contribution >= 4 is 0 Å². The largest absolute Gasteiger partial charge is 0.316 e. The van der Waals surface area contributed by atoms with Gasteiger partial charge in [0.1, 0.15) is 0 Å². The molecule has 2 rings (SSSR count). The first-order chi connectivity index (χ1) is 10.2. The van der Waals surface area contributed by atoms with Gasteiger partial charge in [-0.15, -0.1) is 0 Å². The number of nitrogens with one attached hydrogen (secondary N) is 1. The molecule has 1 aliphatic heterocycles. The SMILES string of the molecule is CN1CCC(CNCCCN(C)Cc2ccccc2)CC1. The standard InChI is InChI=1S/C18H31N3/c1-20-13-9-17(10-14-20)15-19-11-6-12-21(2)16-18-7-4-3-5-8-18/h3-5,7-8,17,19H,6,9-16H2,1-2H3. The summed E-state index contributed by atoms with van der Waals surface area (Å²) in [6.07, 6.45) is 3.95. The number of nitrogens with zero attached hydrogens (tertiary/aromatic N) is 2. The molecular weight excluding hydrogens is 258 g/mol. The van der Waals surface area contributed by atoms with Crippen LogP contribution in [-0.2, 0) is 6.54 Å². The molecule has 0 aromatic heterocycles. The van der Waals surface area contributed by atoms with Crippen molar-refractivity contribution in [2.24, 2.45) is 5.92 Å². The van der Waals surface area contributed by atoms with Crippen LogP contribution in [0.3, 0.4) is 0 Å². The molecule has 21 heavy (non-hydrogen) atoms. The number of likely N-dealkylation sites (tertiary alicyclic amines) is 1. The zero-order chi connectivity index (χ0) is 14.9. The summed E-state index contributed by atoms with van der Waals surface area (Å²) < 4.78 is 0. The van der Waals surface area contributed by atoms with E-state index in [1.807, 2.05) is 0 Å². The summed E-state index contributed by atoms with van der Waals surface area (Å²) >= 11 is 0. The molecule has 1 aromatic rings. The Hall–Kier alpha value is -0.900. The van der Waals surface area contributed by atoms with Crippen LogP contribution in [0.4, 0.5) is 0 Å². The van der Waals surface area contributed by atoms with Crippen LogP contribution in [0.25, 0.3) is 0 Å². The fraction of sp³-hybridized carbons (Fsp3) is 0.667. The molecule has 1 N–H and O–H groups in total. The van der Waals surface area contributed by atoms with E-state index in [-0.39, 0.29) is 0 Å². The second-order valence-corrected chi connectivity index (χ2v) is 6.53. The highest BCUT2D eigenvalue weighted by Gasteiger charge is 2.15. The average Bonchev–Trinajstić information content (AvgIpc) is 2.50. The van der Waals surface area contributed by atoms with Crippen LogP contribution >= 0.6 is 0 Å². The fourth-order valence-electron chi connectivity index (χ4n) is 3.02. The predicted molar refractivity (Wildman–Crippen MR) is 90.5 cm³/mol. The molecule has 3 heteroatoms. The van der Waals surface area contributed by atoms with Crippen molar-refractivity contribution in [3.8, 4) is 0 Å².